The van der Waals surface area contributed by atoms with Gasteiger partial charge in [0.25, 0.3) is 5.91 Å². The number of aromatic nitrogens is 4. The summed E-state index contributed by atoms with van der Waals surface area (Å²) in [5, 5.41) is 0.872. The van der Waals surface area contributed by atoms with E-state index in [1.807, 2.05) is 0 Å². The second kappa shape index (κ2) is 7.84. The molecular formula is C21H18ClFN6O2. The van der Waals surface area contributed by atoms with E-state index < -0.39 is 5.82 Å². The van der Waals surface area contributed by atoms with E-state index in [4.69, 9.17) is 22.1 Å². The second-order valence-corrected chi connectivity index (χ2v) is 7.32. The third-order valence-corrected chi connectivity index (χ3v) is 5.17. The van der Waals surface area contributed by atoms with Crippen molar-refractivity contribution in [3.8, 4) is 28.1 Å². The summed E-state index contributed by atoms with van der Waals surface area (Å²) in [5.41, 5.74) is 8.26. The van der Waals surface area contributed by atoms with E-state index in [0.29, 0.717) is 44.2 Å². The molecule has 0 radical (unpaired) electrons. The van der Waals surface area contributed by atoms with Gasteiger partial charge in [-0.1, -0.05) is 11.6 Å². The molecule has 0 aliphatic carbocycles. The zero-order valence-electron chi connectivity index (χ0n) is 16.9. The number of fused-ring (bicyclic) bond motifs is 1. The third-order valence-electron chi connectivity index (χ3n) is 4.78. The first-order valence-corrected chi connectivity index (χ1v) is 9.53. The number of hydrogen-bond acceptors (Lipinski definition) is 6. The fraction of sp³-hybridized carbons (Fsp3) is 0.143. The second-order valence-electron chi connectivity index (χ2n) is 6.95. The van der Waals surface area contributed by atoms with E-state index in [1.165, 1.54) is 36.5 Å². The molecule has 0 saturated carbocycles. The van der Waals surface area contributed by atoms with Crippen LogP contribution in [0.2, 0.25) is 5.02 Å². The van der Waals surface area contributed by atoms with E-state index in [9.17, 15) is 9.18 Å². The summed E-state index contributed by atoms with van der Waals surface area (Å²) in [4.78, 5) is 29.6. The Balaban J connectivity index is 1.93. The van der Waals surface area contributed by atoms with Crippen LogP contribution in [0.5, 0.6) is 5.75 Å². The minimum absolute atomic E-state index is 0.0134. The lowest BCUT2D eigenvalue weighted by molar-refractivity contribution is 0.0823. The normalized spacial score (nSPS) is 11.0. The summed E-state index contributed by atoms with van der Waals surface area (Å²) < 4.78 is 19.3. The van der Waals surface area contributed by atoms with Crippen molar-refractivity contribution in [2.45, 2.75) is 0 Å². The lowest BCUT2D eigenvalue weighted by Gasteiger charge is -2.13. The first kappa shape index (κ1) is 20.5. The standard InChI is InChI=1S/C21H18ClFN6O2/c1-29(2)21(30)18-19(24)25-9-14(28-18)13-8-27-20-16(17(13)22)12(7-26-20)11-6-10(23)4-5-15(11)31-3/h4-9H,1-3H3,(H2,24,25)(H,26,27). The lowest BCUT2D eigenvalue weighted by Crippen LogP contribution is -2.24. The summed E-state index contributed by atoms with van der Waals surface area (Å²) in [6.07, 6.45) is 4.63. The molecule has 0 fully saturated rings. The number of ether oxygens (including phenoxy) is 1. The van der Waals surface area contributed by atoms with Crippen LogP contribution in [0.3, 0.4) is 0 Å². The zero-order valence-corrected chi connectivity index (χ0v) is 17.7. The van der Waals surface area contributed by atoms with Crippen LogP contribution >= 0.6 is 11.6 Å². The Labute approximate surface area is 181 Å². The molecule has 158 valence electrons. The molecule has 0 unspecified atom stereocenters. The minimum atomic E-state index is -0.415. The van der Waals surface area contributed by atoms with Crippen molar-refractivity contribution in [1.29, 1.82) is 0 Å². The van der Waals surface area contributed by atoms with Crippen LogP contribution in [-0.2, 0) is 0 Å². The third kappa shape index (κ3) is 3.53. The Kier molecular flexibility index (Phi) is 5.20. The Morgan fingerprint density at radius 3 is 2.68 bits per heavy atom. The molecule has 4 aromatic rings. The maximum atomic E-state index is 14.0. The predicted octanol–water partition coefficient (Wildman–Crippen LogP) is 3.77. The van der Waals surface area contributed by atoms with Crippen molar-refractivity contribution in [2.75, 3.05) is 26.9 Å². The molecule has 1 aromatic carbocycles. The van der Waals surface area contributed by atoms with Crippen LogP contribution in [0, 0.1) is 5.82 Å². The summed E-state index contributed by atoms with van der Waals surface area (Å²) in [6, 6.07) is 4.22. The van der Waals surface area contributed by atoms with Crippen LogP contribution < -0.4 is 10.5 Å². The number of pyridine rings is 1. The number of aromatic amines is 1. The molecule has 31 heavy (non-hydrogen) atoms. The molecule has 8 nitrogen and oxygen atoms in total. The van der Waals surface area contributed by atoms with E-state index in [0.717, 1.165) is 0 Å². The fourth-order valence-electron chi connectivity index (χ4n) is 3.24. The van der Waals surface area contributed by atoms with E-state index in [2.05, 4.69) is 19.9 Å². The highest BCUT2D eigenvalue weighted by Crippen LogP contribution is 2.41. The molecule has 1 amide bonds. The van der Waals surface area contributed by atoms with Crippen molar-refractivity contribution in [2.24, 2.45) is 0 Å². The molecule has 3 N–H and O–H groups in total. The smallest absolute Gasteiger partial charge is 0.275 e. The van der Waals surface area contributed by atoms with Gasteiger partial charge in [-0.3, -0.25) is 4.79 Å². The van der Waals surface area contributed by atoms with Crippen molar-refractivity contribution in [3.05, 3.63) is 53.3 Å². The number of methoxy groups -OCH3 is 1. The Morgan fingerprint density at radius 1 is 1.19 bits per heavy atom. The van der Waals surface area contributed by atoms with Crippen LogP contribution in [0.15, 0.2) is 36.8 Å². The monoisotopic (exact) mass is 440 g/mol. The number of rotatable bonds is 4. The van der Waals surface area contributed by atoms with Gasteiger partial charge in [-0.15, -0.1) is 0 Å². The van der Waals surface area contributed by atoms with Gasteiger partial charge in [0.15, 0.2) is 11.5 Å². The number of anilines is 1. The van der Waals surface area contributed by atoms with Gasteiger partial charge in [-0.05, 0) is 18.2 Å². The molecule has 0 spiro atoms. The molecule has 0 aliphatic rings. The summed E-state index contributed by atoms with van der Waals surface area (Å²) in [5.74, 6) is -0.306. The molecule has 3 heterocycles. The van der Waals surface area contributed by atoms with E-state index in [1.54, 1.807) is 26.4 Å². The van der Waals surface area contributed by atoms with Crippen LogP contribution in [0.1, 0.15) is 10.5 Å². The zero-order chi connectivity index (χ0) is 22.3. The average Bonchev–Trinajstić information content (AvgIpc) is 3.19. The lowest BCUT2D eigenvalue weighted by atomic mass is 10.0. The maximum absolute atomic E-state index is 14.0. The summed E-state index contributed by atoms with van der Waals surface area (Å²) in [6.45, 7) is 0. The number of nitrogens with one attached hydrogen (secondary N) is 1. The number of nitrogens with zero attached hydrogens (tertiary/aromatic N) is 4. The first-order valence-electron chi connectivity index (χ1n) is 9.15. The number of hydrogen-bond donors (Lipinski definition) is 2. The molecular weight excluding hydrogens is 423 g/mol. The minimum Gasteiger partial charge on any atom is -0.496 e. The molecule has 10 heteroatoms. The number of carbonyl (C=O) groups is 1. The highest BCUT2D eigenvalue weighted by molar-refractivity contribution is 6.39. The van der Waals surface area contributed by atoms with Gasteiger partial charge in [-0.2, -0.15) is 0 Å². The maximum Gasteiger partial charge on any atom is 0.275 e. The number of amides is 1. The number of H-pyrrole nitrogens is 1. The van der Waals surface area contributed by atoms with Crippen molar-refractivity contribution < 1.29 is 13.9 Å². The number of benzene rings is 1. The molecule has 0 aliphatic heterocycles. The Morgan fingerprint density at radius 2 is 1.97 bits per heavy atom. The molecule has 0 bridgehead atoms. The van der Waals surface area contributed by atoms with Crippen molar-refractivity contribution in [3.63, 3.8) is 0 Å². The van der Waals surface area contributed by atoms with E-state index >= 15 is 0 Å². The number of nitrogens with two attached hydrogens (primary N) is 1. The van der Waals surface area contributed by atoms with Crippen molar-refractivity contribution >= 4 is 34.4 Å². The van der Waals surface area contributed by atoms with Crippen LogP contribution in [-0.4, -0.2) is 51.9 Å². The van der Waals surface area contributed by atoms with Gasteiger partial charge in [0.1, 0.15) is 17.2 Å². The van der Waals surface area contributed by atoms with Gasteiger partial charge in [0.05, 0.1) is 24.0 Å². The SMILES string of the molecule is COc1ccc(F)cc1-c1c[nH]c2ncc(-c3cnc(N)c(C(=O)N(C)C)n3)c(Cl)c12. The highest BCUT2D eigenvalue weighted by atomic mass is 35.5. The van der Waals surface area contributed by atoms with Gasteiger partial charge >= 0.3 is 0 Å². The van der Waals surface area contributed by atoms with Gasteiger partial charge in [0.2, 0.25) is 0 Å². The summed E-state index contributed by atoms with van der Waals surface area (Å²) in [7, 11) is 4.69. The quantitative estimate of drug-likeness (QED) is 0.499. The first-order chi connectivity index (χ1) is 14.8. The van der Waals surface area contributed by atoms with E-state index in [-0.39, 0.29) is 17.4 Å². The fourth-order valence-corrected chi connectivity index (χ4v) is 3.57. The summed E-state index contributed by atoms with van der Waals surface area (Å²) >= 11 is 6.75. The Bertz CT molecular complexity index is 1320. The van der Waals surface area contributed by atoms with Crippen LogP contribution in [0.25, 0.3) is 33.4 Å². The largest absolute Gasteiger partial charge is 0.496 e. The van der Waals surface area contributed by atoms with Gasteiger partial charge in [-0.25, -0.2) is 19.3 Å². The number of carbonyl (C=O) groups excluding carboxylic acids is 1. The number of halogens is 2. The van der Waals surface area contributed by atoms with Crippen LogP contribution in [0.4, 0.5) is 10.2 Å². The van der Waals surface area contributed by atoms with Gasteiger partial charge in [0, 0.05) is 48.6 Å². The highest BCUT2D eigenvalue weighted by Gasteiger charge is 2.21. The topological polar surface area (TPSA) is 110 Å². The Hall–Kier alpha value is -3.72. The van der Waals surface area contributed by atoms with Gasteiger partial charge < -0.3 is 20.4 Å². The molecule has 0 saturated heterocycles. The van der Waals surface area contributed by atoms with Crippen molar-refractivity contribution in [1.82, 2.24) is 24.8 Å². The predicted molar refractivity (Wildman–Crippen MR) is 117 cm³/mol. The molecule has 3 aromatic heterocycles. The molecule has 4 rings (SSSR count). The molecule has 0 atom stereocenters. The average molecular weight is 441 g/mol. The number of nitrogen functional groups attached to an aromatic ring is 1.